The lowest BCUT2D eigenvalue weighted by Crippen LogP contribution is -2.45. The third kappa shape index (κ3) is 28.7. The molecule has 4 aromatic carbocycles. The quantitative estimate of drug-likeness (QED) is 0.0108. The van der Waals surface area contributed by atoms with Gasteiger partial charge in [-0.25, -0.2) is 19.2 Å². The van der Waals surface area contributed by atoms with Crippen molar-refractivity contribution in [3.05, 3.63) is 194 Å². The van der Waals surface area contributed by atoms with Gasteiger partial charge >= 0.3 is 54.3 Å². The number of ether oxygens (including phenoxy) is 2. The molecule has 3 aliphatic rings. The molecule has 3 fully saturated rings. The summed E-state index contributed by atoms with van der Waals surface area (Å²) in [6.07, 6.45) is 10.3. The largest absolute Gasteiger partial charge is 0.478 e. The van der Waals surface area contributed by atoms with E-state index in [2.05, 4.69) is 73.7 Å². The molecule has 0 radical (unpaired) electrons. The Balaban J connectivity index is 0.000000615. The molecule has 0 aliphatic heterocycles. The number of hydrogen-bond donors (Lipinski definition) is 4. The second kappa shape index (κ2) is 46.9. The highest BCUT2D eigenvalue weighted by atomic mass is 79.9. The molecule has 4 aromatic rings. The summed E-state index contributed by atoms with van der Waals surface area (Å²) in [4.78, 5) is 55.5. The van der Waals surface area contributed by atoms with E-state index < -0.39 is 82.3 Å². The summed E-state index contributed by atoms with van der Waals surface area (Å²) in [6, 6.07) is 34.2. The Kier molecular flexibility index (Phi) is 43.4. The van der Waals surface area contributed by atoms with Crippen LogP contribution in [0.2, 0.25) is 0 Å². The highest BCUT2D eigenvalue weighted by Crippen LogP contribution is 2.75. The number of carboxylic acid groups (broad SMARTS) is 2. The first-order valence-corrected chi connectivity index (χ1v) is 40.2. The first kappa shape index (κ1) is 91.6. The van der Waals surface area contributed by atoms with Gasteiger partial charge in [0.2, 0.25) is 12.2 Å². The molecular formula is C69H100Br2N4O20P4. The highest BCUT2D eigenvalue weighted by molar-refractivity contribution is 9.09. The highest BCUT2D eigenvalue weighted by Gasteiger charge is 2.68. The number of benzene rings is 4. The number of nitrogens with zero attached hydrogens (tertiary/aromatic N) is 2. The number of halogens is 2. The van der Waals surface area contributed by atoms with Gasteiger partial charge in [-0.2, -0.15) is 0 Å². The molecule has 5 unspecified atom stereocenters. The van der Waals surface area contributed by atoms with E-state index in [9.17, 15) is 47.7 Å². The summed E-state index contributed by atoms with van der Waals surface area (Å²) in [5.74, 6) is -5.51. The number of nitrogens with two attached hydrogens (primary N) is 2. The van der Waals surface area contributed by atoms with Crippen LogP contribution < -0.4 is 11.5 Å². The number of alkyl halides is 2. The Morgan fingerprint density at radius 1 is 0.495 bits per heavy atom. The number of esters is 2. The number of carboxylic acids is 2. The van der Waals surface area contributed by atoms with Crippen molar-refractivity contribution in [2.45, 2.75) is 110 Å². The van der Waals surface area contributed by atoms with Crippen LogP contribution in [0.25, 0.3) is 0 Å². The van der Waals surface area contributed by atoms with Gasteiger partial charge < -0.3 is 67.3 Å². The van der Waals surface area contributed by atoms with Crippen molar-refractivity contribution in [2.24, 2.45) is 39.2 Å². The average molecular weight is 1590 g/mol. The summed E-state index contributed by atoms with van der Waals surface area (Å²) >= 11 is 6.49. The number of aliphatic imine (C=N–C) groups is 2. The van der Waals surface area contributed by atoms with Crippen LogP contribution in [0.4, 0.5) is 0 Å². The predicted molar refractivity (Wildman–Crippen MR) is 398 cm³/mol. The minimum atomic E-state index is -3.29. The fraction of sp³-hybridized carbons (Fsp3) is 0.449. The van der Waals surface area contributed by atoms with Crippen molar-refractivity contribution in [3.63, 3.8) is 0 Å². The van der Waals surface area contributed by atoms with Crippen molar-refractivity contribution in [1.29, 1.82) is 0 Å². The van der Waals surface area contributed by atoms with Gasteiger partial charge in [-0.05, 0) is 110 Å². The molecule has 6 N–H and O–H groups in total. The minimum absolute atomic E-state index is 0. The fourth-order valence-corrected chi connectivity index (χ4v) is 17.3. The lowest BCUT2D eigenvalue weighted by atomic mass is 10.1. The molecule has 0 saturated heterocycles. The van der Waals surface area contributed by atoms with E-state index in [1.165, 1.54) is 48.5 Å². The van der Waals surface area contributed by atoms with E-state index in [4.69, 9.17) is 57.1 Å². The second-order valence-electron chi connectivity index (χ2n) is 20.8. The van der Waals surface area contributed by atoms with Crippen LogP contribution in [0.1, 0.15) is 114 Å². The Labute approximate surface area is 601 Å². The van der Waals surface area contributed by atoms with E-state index in [-0.39, 0.29) is 42.6 Å². The van der Waals surface area contributed by atoms with Gasteiger partial charge in [0.15, 0.2) is 5.28 Å². The molecule has 99 heavy (non-hydrogen) atoms. The summed E-state index contributed by atoms with van der Waals surface area (Å²) in [6.45, 7) is 28.2. The lowest BCUT2D eigenvalue weighted by Gasteiger charge is -2.24. The first-order chi connectivity index (χ1) is 46.7. The Hall–Kier alpha value is -5.46. The maximum Gasteiger partial charge on any atom is 0.358 e. The number of carbonyl (C=O) groups is 4. The Morgan fingerprint density at radius 2 is 0.798 bits per heavy atom. The van der Waals surface area contributed by atoms with E-state index in [0.29, 0.717) is 72.1 Å². The number of rotatable bonds is 36. The van der Waals surface area contributed by atoms with Crippen LogP contribution >= 0.6 is 62.2 Å². The van der Waals surface area contributed by atoms with E-state index in [1.807, 2.05) is 74.5 Å². The third-order valence-electron chi connectivity index (χ3n) is 13.9. The molecule has 0 spiro atoms. The maximum absolute atomic E-state index is 13.1. The number of allylic oxidation sites excluding steroid dienone is 2. The summed E-state index contributed by atoms with van der Waals surface area (Å²) < 4.78 is 101. The van der Waals surface area contributed by atoms with E-state index in [1.54, 1.807) is 84.3 Å². The van der Waals surface area contributed by atoms with E-state index >= 15 is 0 Å². The minimum Gasteiger partial charge on any atom is -0.478 e. The van der Waals surface area contributed by atoms with E-state index in [0.717, 1.165) is 21.8 Å². The molecule has 8 atom stereocenters. The molecule has 550 valence electrons. The summed E-state index contributed by atoms with van der Waals surface area (Å²) in [5.41, 5.74) is 13.9. The smallest absolute Gasteiger partial charge is 0.358 e. The molecule has 30 heteroatoms. The van der Waals surface area contributed by atoms with Crippen LogP contribution in [0, 0.1) is 17.8 Å². The van der Waals surface area contributed by atoms with Crippen molar-refractivity contribution >= 4 is 98.5 Å². The van der Waals surface area contributed by atoms with Crippen molar-refractivity contribution in [2.75, 3.05) is 69.8 Å². The van der Waals surface area contributed by atoms with Gasteiger partial charge in [0.25, 0.3) is 0 Å². The second-order valence-corrected chi connectivity index (χ2v) is 31.1. The van der Waals surface area contributed by atoms with Crippen LogP contribution in [-0.4, -0.2) is 144 Å². The van der Waals surface area contributed by atoms with Crippen molar-refractivity contribution in [1.82, 2.24) is 0 Å². The van der Waals surface area contributed by atoms with Crippen LogP contribution in [0.15, 0.2) is 181 Å². The SMILES string of the molecule is BrC/C=C/CBr.C.C=CC1CC1(N)P(=O)(OCC)OCC.C=CC1CC1(N=Cc1ccccc1)P(=O)(OCC)OCC.C=C[C@@H]1C[C@]1(N)P(=O)(OCC)OCC.CCOP(=O)(CN=Cc1ccccc1)OCC.O=C(OC(C(=O)O)[C@@H](OC(=O)c1ccccc1)C(=O)O)c1ccccc1. The summed E-state index contributed by atoms with van der Waals surface area (Å²) in [7, 11) is -12.7. The zero-order valence-corrected chi connectivity index (χ0v) is 63.6. The van der Waals surface area contributed by atoms with Gasteiger partial charge in [-0.15, -0.1) is 19.7 Å². The number of aliphatic carboxylic acids is 2. The summed E-state index contributed by atoms with van der Waals surface area (Å²) in [5, 5.41) is 17.9. The first-order valence-electron chi connectivity index (χ1n) is 31.6. The maximum atomic E-state index is 13.1. The Morgan fingerprint density at radius 3 is 1.07 bits per heavy atom. The molecule has 24 nitrogen and oxygen atoms in total. The van der Waals surface area contributed by atoms with Gasteiger partial charge in [-0.1, -0.05) is 167 Å². The van der Waals surface area contributed by atoms with Crippen LogP contribution in [0.3, 0.4) is 0 Å². The Bertz CT molecular complexity index is 3210. The fourth-order valence-electron chi connectivity index (χ4n) is 8.85. The molecule has 7 rings (SSSR count). The molecule has 0 bridgehead atoms. The van der Waals surface area contributed by atoms with Crippen molar-refractivity contribution < 1.29 is 93.3 Å². The molecule has 0 aromatic heterocycles. The predicted octanol–water partition coefficient (Wildman–Crippen LogP) is 16.4. The molecule has 3 saturated carbocycles. The standard InChI is InChI=1S/C18H14O8.C16H22NO3P.C12H18NO3P.2C9H18NO3P.C4H6Br2.CH4/c19-15(20)13(25-17(23)11-7-3-1-4-8-11)14(16(21)22)26-18(24)12-9-5-2-6-10-12;1-4-15-12-16(15,21(18,19-5-2)20-6-3)17-13-14-10-8-7-9-11-14;1-3-15-17(14,16-4-2)11-13-10-12-8-6-5-7-9-12;2*1-4-8-7-9(8,10)14(11,12-5-2)13-6-3;5-3-1-2-4-6;/h1-10,13-14H,(H,19,20)(H,21,22);4,7-11,13,15H,1,5-6,12H2,2-3H3;5-10H,3-4,11H2,1-2H3;2*4,8H,1,5-7,10H2,2-3H3;1-2H,3-4H2;1H4/b;;;;;2-1+;/t13-,14?;;;8-,9+;;;/m1..1.../s1. The topological polar surface area (TPSA) is 346 Å². The third-order valence-corrected chi connectivity index (χ3v) is 24.7. The van der Waals surface area contributed by atoms with Gasteiger partial charge in [0.1, 0.15) is 16.8 Å². The molecule has 0 amide bonds. The molecule has 3 aliphatic carbocycles. The van der Waals surface area contributed by atoms with Crippen LogP contribution in [-0.2, 0) is 73.5 Å². The molecular weight excluding hydrogens is 1490 g/mol. The zero-order valence-electron chi connectivity index (χ0n) is 56.8. The monoisotopic (exact) mass is 1590 g/mol. The van der Waals surface area contributed by atoms with Gasteiger partial charge in [0, 0.05) is 40.8 Å². The number of hydrogen-bond acceptors (Lipinski definition) is 22. The molecule has 0 heterocycles. The number of carbonyl (C=O) groups excluding carboxylic acids is 2. The average Bonchev–Trinajstić information content (AvgIpc) is 1.58. The van der Waals surface area contributed by atoms with Gasteiger partial charge in [-0.3, -0.25) is 28.2 Å². The van der Waals surface area contributed by atoms with Crippen molar-refractivity contribution in [3.8, 4) is 0 Å². The zero-order chi connectivity index (χ0) is 73.5. The van der Waals surface area contributed by atoms with Crippen LogP contribution in [0.5, 0.6) is 0 Å². The lowest BCUT2D eigenvalue weighted by molar-refractivity contribution is -0.166. The normalized spacial score (nSPS) is 20.2. The van der Waals surface area contributed by atoms with Gasteiger partial charge in [0.05, 0.1) is 64.0 Å².